The van der Waals surface area contributed by atoms with Crippen molar-refractivity contribution in [1.82, 2.24) is 4.98 Å². The molecule has 0 aliphatic heterocycles. The van der Waals surface area contributed by atoms with Crippen LogP contribution in [0, 0.1) is 5.92 Å². The molecule has 1 aliphatic carbocycles. The lowest BCUT2D eigenvalue weighted by atomic mass is 9.84. The van der Waals surface area contributed by atoms with Crippen LogP contribution in [-0.4, -0.2) is 23.5 Å². The monoisotopic (exact) mass is 289 g/mol. The zero-order valence-electron chi connectivity index (χ0n) is 10.8. The van der Waals surface area contributed by atoms with Crippen molar-refractivity contribution in [1.29, 1.82) is 0 Å². The first-order chi connectivity index (χ1) is 9.00. The molecule has 0 N–H and O–H groups in total. The van der Waals surface area contributed by atoms with E-state index in [9.17, 15) is 13.6 Å². The van der Waals surface area contributed by atoms with E-state index in [0.29, 0.717) is 30.9 Å². The Kier molecular flexibility index (Phi) is 4.50. The Bertz CT molecular complexity index is 438. The maximum atomic E-state index is 13.0. The molecule has 1 aromatic rings. The second-order valence-corrected chi connectivity index (χ2v) is 5.73. The predicted molar refractivity (Wildman–Crippen MR) is 68.7 cm³/mol. The molecule has 1 aromatic heterocycles. The van der Waals surface area contributed by atoms with Crippen LogP contribution < -0.4 is 0 Å². The number of carbonyl (C=O) groups is 1. The highest BCUT2D eigenvalue weighted by molar-refractivity contribution is 7.11. The molecule has 1 heterocycles. The van der Waals surface area contributed by atoms with Crippen molar-refractivity contribution >= 4 is 17.3 Å². The number of aromatic nitrogens is 1. The van der Waals surface area contributed by atoms with Crippen LogP contribution in [-0.2, 0) is 11.2 Å². The summed E-state index contributed by atoms with van der Waals surface area (Å²) < 4.78 is 30.9. The van der Waals surface area contributed by atoms with Gasteiger partial charge in [0.2, 0.25) is 10.9 Å². The molecule has 3 nitrogen and oxygen atoms in total. The minimum atomic E-state index is -2.49. The van der Waals surface area contributed by atoms with Crippen LogP contribution in [0.4, 0.5) is 8.78 Å². The van der Waals surface area contributed by atoms with Gasteiger partial charge >= 0.3 is 5.97 Å². The van der Waals surface area contributed by atoms with E-state index >= 15 is 0 Å². The number of thiazole rings is 1. The van der Waals surface area contributed by atoms with Gasteiger partial charge in [-0.1, -0.05) is 0 Å². The third-order valence-electron chi connectivity index (χ3n) is 3.34. The number of esters is 1. The van der Waals surface area contributed by atoms with Gasteiger partial charge in [0.25, 0.3) is 0 Å². The lowest BCUT2D eigenvalue weighted by molar-refractivity contribution is -0.0457. The first-order valence-electron chi connectivity index (χ1n) is 6.49. The summed E-state index contributed by atoms with van der Waals surface area (Å²) in [6.07, 6.45) is 1.66. The summed E-state index contributed by atoms with van der Waals surface area (Å²) in [5, 5.41) is 2.16. The fourth-order valence-electron chi connectivity index (χ4n) is 2.29. The summed E-state index contributed by atoms with van der Waals surface area (Å²) in [6, 6.07) is 0. The van der Waals surface area contributed by atoms with Crippen molar-refractivity contribution < 1.29 is 18.3 Å². The van der Waals surface area contributed by atoms with E-state index in [1.165, 1.54) is 11.3 Å². The van der Waals surface area contributed by atoms with Crippen LogP contribution in [0.25, 0.3) is 0 Å². The van der Waals surface area contributed by atoms with Crippen molar-refractivity contribution in [2.75, 3.05) is 6.61 Å². The van der Waals surface area contributed by atoms with Crippen molar-refractivity contribution in [3.63, 3.8) is 0 Å². The molecular formula is C13H17F2NO2S. The smallest absolute Gasteiger partial charge is 0.367 e. The number of nitrogens with zero attached hydrogens (tertiary/aromatic N) is 1. The molecule has 0 aromatic carbocycles. The lowest BCUT2D eigenvalue weighted by Crippen LogP contribution is -2.25. The number of rotatable bonds is 4. The number of carbonyl (C=O) groups excluding carboxylic acids is 1. The van der Waals surface area contributed by atoms with E-state index in [1.807, 2.05) is 5.38 Å². The highest BCUT2D eigenvalue weighted by atomic mass is 32.1. The second-order valence-electron chi connectivity index (χ2n) is 4.87. The molecule has 0 unspecified atom stereocenters. The molecule has 2 rings (SSSR count). The molecule has 19 heavy (non-hydrogen) atoms. The fraction of sp³-hybridized carbons (Fsp3) is 0.692. The number of halogens is 2. The van der Waals surface area contributed by atoms with Gasteiger partial charge in [0, 0.05) is 18.2 Å². The van der Waals surface area contributed by atoms with E-state index < -0.39 is 11.9 Å². The second kappa shape index (κ2) is 5.94. The summed E-state index contributed by atoms with van der Waals surface area (Å²) in [7, 11) is 0. The molecule has 0 bridgehead atoms. The van der Waals surface area contributed by atoms with Gasteiger partial charge < -0.3 is 4.74 Å². The van der Waals surface area contributed by atoms with Crippen LogP contribution in [0.5, 0.6) is 0 Å². The Balaban J connectivity index is 1.88. The van der Waals surface area contributed by atoms with Gasteiger partial charge in [-0.25, -0.2) is 18.6 Å². The summed E-state index contributed by atoms with van der Waals surface area (Å²) >= 11 is 1.25. The average Bonchev–Trinajstić information content (AvgIpc) is 2.81. The number of hydrogen-bond acceptors (Lipinski definition) is 4. The van der Waals surface area contributed by atoms with Gasteiger partial charge in [0.1, 0.15) is 0 Å². The maximum Gasteiger partial charge on any atom is 0.367 e. The third-order valence-corrected chi connectivity index (χ3v) is 4.21. The average molecular weight is 289 g/mol. The molecule has 1 aliphatic rings. The van der Waals surface area contributed by atoms with Crippen LogP contribution in [0.1, 0.15) is 48.1 Å². The van der Waals surface area contributed by atoms with E-state index in [-0.39, 0.29) is 18.8 Å². The highest BCUT2D eigenvalue weighted by Crippen LogP contribution is 2.37. The summed E-state index contributed by atoms with van der Waals surface area (Å²) in [5.41, 5.74) is 0.809. The molecule has 0 amide bonds. The molecule has 0 radical (unpaired) electrons. The van der Waals surface area contributed by atoms with E-state index in [2.05, 4.69) is 4.98 Å². The van der Waals surface area contributed by atoms with E-state index in [0.717, 1.165) is 5.69 Å². The zero-order chi connectivity index (χ0) is 13.9. The zero-order valence-corrected chi connectivity index (χ0v) is 11.6. The summed E-state index contributed by atoms with van der Waals surface area (Å²) in [6.45, 7) is 2.07. The Hall–Kier alpha value is -1.04. The minimum absolute atomic E-state index is 0.0352. The molecule has 6 heteroatoms. The van der Waals surface area contributed by atoms with Gasteiger partial charge in [-0.3, -0.25) is 0 Å². The standard InChI is InChI=1S/C13H17F2NO2S/c1-2-18-12(17)11-16-10(8-19-11)7-9-3-5-13(14,15)6-4-9/h8-9H,2-7H2,1H3. The van der Waals surface area contributed by atoms with Crippen LogP contribution >= 0.6 is 11.3 Å². The van der Waals surface area contributed by atoms with E-state index in [4.69, 9.17) is 4.74 Å². The third kappa shape index (κ3) is 3.96. The molecule has 0 spiro atoms. The van der Waals surface area contributed by atoms with Gasteiger partial charge in [-0.2, -0.15) is 0 Å². The Morgan fingerprint density at radius 1 is 1.53 bits per heavy atom. The Morgan fingerprint density at radius 2 is 2.21 bits per heavy atom. The van der Waals surface area contributed by atoms with Crippen molar-refractivity contribution in [2.24, 2.45) is 5.92 Å². The number of ether oxygens (including phenoxy) is 1. The molecule has 1 saturated carbocycles. The molecular weight excluding hydrogens is 272 g/mol. The van der Waals surface area contributed by atoms with Gasteiger partial charge in [-0.05, 0) is 32.1 Å². The SMILES string of the molecule is CCOC(=O)c1nc(CC2CCC(F)(F)CC2)cs1. The van der Waals surface area contributed by atoms with Gasteiger partial charge in [0.05, 0.1) is 12.3 Å². The van der Waals surface area contributed by atoms with Crippen molar-refractivity contribution in [3.05, 3.63) is 16.1 Å². The van der Waals surface area contributed by atoms with E-state index in [1.54, 1.807) is 6.92 Å². The molecule has 106 valence electrons. The maximum absolute atomic E-state index is 13.0. The summed E-state index contributed by atoms with van der Waals surface area (Å²) in [5.74, 6) is -2.65. The van der Waals surface area contributed by atoms with Crippen LogP contribution in [0.3, 0.4) is 0 Å². The first kappa shape index (κ1) is 14.4. The molecule has 0 atom stereocenters. The van der Waals surface area contributed by atoms with Crippen LogP contribution in [0.15, 0.2) is 5.38 Å². The fourth-order valence-corrected chi connectivity index (χ4v) is 3.01. The lowest BCUT2D eigenvalue weighted by Gasteiger charge is -2.27. The normalized spacial score (nSPS) is 19.3. The Morgan fingerprint density at radius 3 is 2.84 bits per heavy atom. The van der Waals surface area contributed by atoms with Gasteiger partial charge in [-0.15, -0.1) is 11.3 Å². The summed E-state index contributed by atoms with van der Waals surface area (Å²) in [4.78, 5) is 15.7. The largest absolute Gasteiger partial charge is 0.461 e. The first-order valence-corrected chi connectivity index (χ1v) is 7.37. The number of hydrogen-bond donors (Lipinski definition) is 0. The molecule has 1 fully saturated rings. The minimum Gasteiger partial charge on any atom is -0.461 e. The molecule has 0 saturated heterocycles. The number of alkyl halides is 2. The van der Waals surface area contributed by atoms with Crippen molar-refractivity contribution in [2.45, 2.75) is 45.0 Å². The highest BCUT2D eigenvalue weighted by Gasteiger charge is 2.35. The Labute approximate surface area is 115 Å². The van der Waals surface area contributed by atoms with Crippen LogP contribution in [0.2, 0.25) is 0 Å². The van der Waals surface area contributed by atoms with Gasteiger partial charge in [0.15, 0.2) is 0 Å². The quantitative estimate of drug-likeness (QED) is 0.794. The topological polar surface area (TPSA) is 39.2 Å². The van der Waals surface area contributed by atoms with Crippen molar-refractivity contribution in [3.8, 4) is 0 Å². The predicted octanol–water partition coefficient (Wildman–Crippen LogP) is 3.69.